The molecule has 1 fully saturated rings. The average Bonchev–Trinajstić information content (AvgIpc) is 2.44. The fourth-order valence-electron chi connectivity index (χ4n) is 2.29. The first-order valence-electron chi connectivity index (χ1n) is 5.50. The van der Waals surface area contributed by atoms with Gasteiger partial charge in [-0.15, -0.1) is 0 Å². The van der Waals surface area contributed by atoms with E-state index in [1.54, 1.807) is 0 Å². The number of aryl methyl sites for hydroxylation is 1. The summed E-state index contributed by atoms with van der Waals surface area (Å²) in [6.07, 6.45) is 0.634. The number of carbonyl (C=O) groups is 1. The molecule has 3 heteroatoms. The van der Waals surface area contributed by atoms with Crippen LogP contribution in [0.15, 0.2) is 18.2 Å². The maximum atomic E-state index is 11.8. The van der Waals surface area contributed by atoms with Gasteiger partial charge in [-0.05, 0) is 44.5 Å². The summed E-state index contributed by atoms with van der Waals surface area (Å²) >= 11 is 5.94. The van der Waals surface area contributed by atoms with Crippen molar-refractivity contribution in [3.8, 4) is 0 Å². The first-order chi connectivity index (χ1) is 7.43. The van der Waals surface area contributed by atoms with E-state index in [9.17, 15) is 4.79 Å². The molecule has 0 bridgehead atoms. The molecule has 2 rings (SSSR count). The summed E-state index contributed by atoms with van der Waals surface area (Å²) in [7, 11) is 0. The van der Waals surface area contributed by atoms with Crippen LogP contribution in [0.1, 0.15) is 25.8 Å². The van der Waals surface area contributed by atoms with Crippen molar-refractivity contribution in [1.29, 1.82) is 0 Å². The van der Waals surface area contributed by atoms with Crippen molar-refractivity contribution < 1.29 is 4.79 Å². The van der Waals surface area contributed by atoms with Crippen LogP contribution in [-0.4, -0.2) is 17.9 Å². The second-order valence-electron chi connectivity index (χ2n) is 4.81. The summed E-state index contributed by atoms with van der Waals surface area (Å²) in [6.45, 7) is 6.79. The number of hydrogen-bond acceptors (Lipinski definition) is 2. The van der Waals surface area contributed by atoms with E-state index in [1.165, 1.54) is 0 Å². The second kappa shape index (κ2) is 3.77. The Kier molecular flexibility index (Phi) is 2.70. The number of anilines is 1. The minimum atomic E-state index is -0.390. The predicted octanol–water partition coefficient (Wildman–Crippen LogP) is 3.21. The molecule has 0 radical (unpaired) electrons. The molecule has 1 aromatic carbocycles. The van der Waals surface area contributed by atoms with E-state index in [0.29, 0.717) is 12.2 Å². The Bertz CT molecular complexity index is 440. The van der Waals surface area contributed by atoms with Crippen molar-refractivity contribution in [3.63, 3.8) is 0 Å². The summed E-state index contributed by atoms with van der Waals surface area (Å²) in [5.74, 6) is 0.307. The summed E-state index contributed by atoms with van der Waals surface area (Å²) < 4.78 is 0. The quantitative estimate of drug-likeness (QED) is 0.748. The second-order valence-corrected chi connectivity index (χ2v) is 5.25. The van der Waals surface area contributed by atoms with Gasteiger partial charge in [-0.2, -0.15) is 0 Å². The Balaban J connectivity index is 2.42. The number of benzene rings is 1. The highest BCUT2D eigenvalue weighted by molar-refractivity contribution is 6.30. The van der Waals surface area contributed by atoms with Crippen LogP contribution in [-0.2, 0) is 4.79 Å². The number of carbonyl (C=O) groups excluding carboxylic acids is 1. The molecule has 0 aromatic heterocycles. The first kappa shape index (κ1) is 11.5. The van der Waals surface area contributed by atoms with Crippen molar-refractivity contribution in [2.45, 2.75) is 32.7 Å². The molecule has 0 N–H and O–H groups in total. The smallest absolute Gasteiger partial charge is 0.159 e. The van der Waals surface area contributed by atoms with E-state index in [-0.39, 0.29) is 0 Å². The van der Waals surface area contributed by atoms with E-state index in [4.69, 9.17) is 11.6 Å². The van der Waals surface area contributed by atoms with Crippen molar-refractivity contribution in [2.24, 2.45) is 0 Å². The zero-order chi connectivity index (χ0) is 11.9. The van der Waals surface area contributed by atoms with Crippen LogP contribution in [0.4, 0.5) is 5.69 Å². The lowest BCUT2D eigenvalue weighted by Crippen LogP contribution is -2.43. The maximum Gasteiger partial charge on any atom is 0.159 e. The normalized spacial score (nSPS) is 19.2. The molecule has 1 saturated heterocycles. The lowest BCUT2D eigenvalue weighted by Gasteiger charge is -2.33. The van der Waals surface area contributed by atoms with Crippen LogP contribution in [0.3, 0.4) is 0 Å². The SMILES string of the molecule is Cc1cc(Cl)ccc1N1CCC(=O)C1(C)C. The Morgan fingerprint density at radius 3 is 2.56 bits per heavy atom. The van der Waals surface area contributed by atoms with Gasteiger partial charge in [0.05, 0.1) is 5.54 Å². The number of Topliss-reactive ketones (excluding diaryl/α,β-unsaturated/α-hetero) is 1. The third-order valence-corrected chi connectivity index (χ3v) is 3.60. The molecule has 0 atom stereocenters. The molecule has 1 aliphatic heterocycles. The Morgan fingerprint density at radius 2 is 2.06 bits per heavy atom. The third-order valence-electron chi connectivity index (χ3n) is 3.37. The zero-order valence-electron chi connectivity index (χ0n) is 9.88. The highest BCUT2D eigenvalue weighted by Gasteiger charge is 2.40. The highest BCUT2D eigenvalue weighted by Crippen LogP contribution is 2.34. The van der Waals surface area contributed by atoms with Crippen molar-refractivity contribution in [2.75, 3.05) is 11.4 Å². The minimum Gasteiger partial charge on any atom is -0.359 e. The van der Waals surface area contributed by atoms with Gasteiger partial charge in [0.25, 0.3) is 0 Å². The van der Waals surface area contributed by atoms with Gasteiger partial charge in [0.15, 0.2) is 5.78 Å². The molecular weight excluding hydrogens is 222 g/mol. The number of hydrogen-bond donors (Lipinski definition) is 0. The van der Waals surface area contributed by atoms with Crippen LogP contribution in [0.2, 0.25) is 5.02 Å². The molecule has 0 saturated carbocycles. The Labute approximate surface area is 101 Å². The monoisotopic (exact) mass is 237 g/mol. The lowest BCUT2D eigenvalue weighted by atomic mass is 9.99. The van der Waals surface area contributed by atoms with Gasteiger partial charge < -0.3 is 4.90 Å². The molecule has 0 aliphatic carbocycles. The van der Waals surface area contributed by atoms with Gasteiger partial charge in [0.1, 0.15) is 0 Å². The van der Waals surface area contributed by atoms with Gasteiger partial charge in [-0.1, -0.05) is 11.6 Å². The molecule has 16 heavy (non-hydrogen) atoms. The number of nitrogens with zero attached hydrogens (tertiary/aromatic N) is 1. The van der Waals surface area contributed by atoms with E-state index < -0.39 is 5.54 Å². The summed E-state index contributed by atoms with van der Waals surface area (Å²) in [5.41, 5.74) is 1.84. The average molecular weight is 238 g/mol. The van der Waals surface area contributed by atoms with Crippen LogP contribution in [0, 0.1) is 6.92 Å². The van der Waals surface area contributed by atoms with E-state index >= 15 is 0 Å². The third kappa shape index (κ3) is 1.71. The Hall–Kier alpha value is -1.02. The molecular formula is C13H16ClNO. The fourth-order valence-corrected chi connectivity index (χ4v) is 2.52. The van der Waals surface area contributed by atoms with E-state index in [0.717, 1.165) is 22.8 Å². The minimum absolute atomic E-state index is 0.307. The van der Waals surface area contributed by atoms with Crippen LogP contribution >= 0.6 is 11.6 Å². The first-order valence-corrected chi connectivity index (χ1v) is 5.88. The van der Waals surface area contributed by atoms with E-state index in [1.807, 2.05) is 39.0 Å². The standard InChI is InChI=1S/C13H16ClNO/c1-9-8-10(14)4-5-11(9)15-7-6-12(16)13(15,2)3/h4-5,8H,6-7H2,1-3H3. The van der Waals surface area contributed by atoms with Crippen molar-refractivity contribution >= 4 is 23.1 Å². The fraction of sp³-hybridized carbons (Fsp3) is 0.462. The largest absolute Gasteiger partial charge is 0.359 e. The van der Waals surface area contributed by atoms with Crippen molar-refractivity contribution in [3.05, 3.63) is 28.8 Å². The molecule has 2 nitrogen and oxygen atoms in total. The summed E-state index contributed by atoms with van der Waals surface area (Å²) in [4.78, 5) is 14.0. The zero-order valence-corrected chi connectivity index (χ0v) is 10.6. The van der Waals surface area contributed by atoms with Gasteiger partial charge in [0.2, 0.25) is 0 Å². The van der Waals surface area contributed by atoms with E-state index in [2.05, 4.69) is 4.90 Å². The van der Waals surface area contributed by atoms with Gasteiger partial charge >= 0.3 is 0 Å². The molecule has 0 unspecified atom stereocenters. The highest BCUT2D eigenvalue weighted by atomic mass is 35.5. The summed E-state index contributed by atoms with van der Waals surface area (Å²) in [6, 6.07) is 5.82. The van der Waals surface area contributed by atoms with Gasteiger partial charge in [-0.25, -0.2) is 0 Å². The molecule has 1 heterocycles. The topological polar surface area (TPSA) is 20.3 Å². The van der Waals surface area contributed by atoms with Crippen LogP contribution < -0.4 is 4.90 Å². The molecule has 1 aliphatic rings. The van der Waals surface area contributed by atoms with Crippen LogP contribution in [0.5, 0.6) is 0 Å². The molecule has 0 amide bonds. The number of halogens is 1. The summed E-state index contributed by atoms with van der Waals surface area (Å²) in [5, 5.41) is 0.740. The van der Waals surface area contributed by atoms with Crippen molar-refractivity contribution in [1.82, 2.24) is 0 Å². The van der Waals surface area contributed by atoms with Gasteiger partial charge in [-0.3, -0.25) is 4.79 Å². The predicted molar refractivity (Wildman–Crippen MR) is 67.2 cm³/mol. The lowest BCUT2D eigenvalue weighted by molar-refractivity contribution is -0.120. The molecule has 86 valence electrons. The Morgan fingerprint density at radius 1 is 1.38 bits per heavy atom. The number of rotatable bonds is 1. The molecule has 1 aromatic rings. The van der Waals surface area contributed by atoms with Crippen LogP contribution in [0.25, 0.3) is 0 Å². The van der Waals surface area contributed by atoms with Gasteiger partial charge in [0, 0.05) is 23.7 Å². The molecule has 0 spiro atoms. The number of ketones is 1. The maximum absolute atomic E-state index is 11.8.